The second-order valence-electron chi connectivity index (χ2n) is 6.01. The number of ether oxygens (including phenoxy) is 1. The van der Waals surface area contributed by atoms with E-state index >= 15 is 0 Å². The second-order valence-corrected chi connectivity index (χ2v) is 6.01. The summed E-state index contributed by atoms with van der Waals surface area (Å²) in [7, 11) is 0. The zero-order valence-electron chi connectivity index (χ0n) is 14.7. The molecule has 5 heteroatoms. The molecule has 1 heterocycles. The van der Waals surface area contributed by atoms with Crippen LogP contribution in [0.3, 0.4) is 0 Å². The molecule has 0 aliphatic heterocycles. The van der Waals surface area contributed by atoms with Gasteiger partial charge in [0.25, 0.3) is 0 Å². The average Bonchev–Trinajstić information content (AvgIpc) is 2.92. The van der Waals surface area contributed by atoms with Gasteiger partial charge in [-0.05, 0) is 49.7 Å². The third-order valence-electron chi connectivity index (χ3n) is 4.05. The molecular weight excluding hydrogens is 314 g/mol. The minimum Gasteiger partial charge on any atom is -0.494 e. The number of unbranched alkanes of at least 4 members (excludes halogenated alkanes) is 1. The molecule has 3 rings (SSSR count). The van der Waals surface area contributed by atoms with Crippen LogP contribution in [0, 0.1) is 6.92 Å². The van der Waals surface area contributed by atoms with E-state index in [0.717, 1.165) is 47.7 Å². The molecule has 0 atom stereocenters. The lowest BCUT2D eigenvalue weighted by molar-refractivity contribution is -0.116. The smallest absolute Gasteiger partial charge is 0.244 e. The summed E-state index contributed by atoms with van der Waals surface area (Å²) in [5, 5.41) is 2.92. The Kier molecular flexibility index (Phi) is 5.33. The van der Waals surface area contributed by atoms with Crippen LogP contribution in [-0.2, 0) is 11.3 Å². The van der Waals surface area contributed by atoms with Crippen molar-refractivity contribution in [3.63, 3.8) is 0 Å². The SMILES string of the molecule is CCCCOc1ccc(NC(=O)Cn2c(C)nc3ccccc32)cc1. The summed E-state index contributed by atoms with van der Waals surface area (Å²) in [6.07, 6.45) is 2.15. The number of hydrogen-bond acceptors (Lipinski definition) is 3. The monoisotopic (exact) mass is 337 g/mol. The largest absolute Gasteiger partial charge is 0.494 e. The fourth-order valence-electron chi connectivity index (χ4n) is 2.71. The minimum absolute atomic E-state index is 0.0779. The van der Waals surface area contributed by atoms with Crippen molar-refractivity contribution in [2.45, 2.75) is 33.2 Å². The van der Waals surface area contributed by atoms with Gasteiger partial charge >= 0.3 is 0 Å². The molecule has 25 heavy (non-hydrogen) atoms. The molecule has 0 saturated heterocycles. The number of carbonyl (C=O) groups excluding carboxylic acids is 1. The Morgan fingerprint density at radius 3 is 2.68 bits per heavy atom. The van der Waals surface area contributed by atoms with Crippen molar-refractivity contribution in [3.8, 4) is 5.75 Å². The summed E-state index contributed by atoms with van der Waals surface area (Å²) in [4.78, 5) is 16.9. The van der Waals surface area contributed by atoms with E-state index in [2.05, 4.69) is 17.2 Å². The first-order chi connectivity index (χ1) is 12.2. The maximum atomic E-state index is 12.4. The number of benzene rings is 2. The number of carbonyl (C=O) groups is 1. The summed E-state index contributed by atoms with van der Waals surface area (Å²) in [6, 6.07) is 15.3. The molecule has 0 aliphatic carbocycles. The van der Waals surface area contributed by atoms with Crippen LogP contribution in [0.2, 0.25) is 0 Å². The first-order valence-electron chi connectivity index (χ1n) is 8.62. The highest BCUT2D eigenvalue weighted by Gasteiger charge is 2.10. The summed E-state index contributed by atoms with van der Waals surface area (Å²) < 4.78 is 7.55. The topological polar surface area (TPSA) is 56.1 Å². The van der Waals surface area contributed by atoms with Crippen LogP contribution in [0.4, 0.5) is 5.69 Å². The van der Waals surface area contributed by atoms with Crippen molar-refractivity contribution in [1.82, 2.24) is 9.55 Å². The number of aryl methyl sites for hydroxylation is 1. The zero-order valence-corrected chi connectivity index (χ0v) is 14.7. The highest BCUT2D eigenvalue weighted by Crippen LogP contribution is 2.18. The lowest BCUT2D eigenvalue weighted by Crippen LogP contribution is -2.19. The van der Waals surface area contributed by atoms with Gasteiger partial charge in [0.2, 0.25) is 5.91 Å². The molecule has 3 aromatic rings. The van der Waals surface area contributed by atoms with Gasteiger partial charge < -0.3 is 14.6 Å². The molecule has 0 fully saturated rings. The molecular formula is C20H23N3O2. The van der Waals surface area contributed by atoms with Gasteiger partial charge in [0, 0.05) is 5.69 Å². The van der Waals surface area contributed by atoms with Gasteiger partial charge in [0.1, 0.15) is 18.1 Å². The molecule has 1 N–H and O–H groups in total. The van der Waals surface area contributed by atoms with Crippen LogP contribution in [0.5, 0.6) is 5.75 Å². The van der Waals surface area contributed by atoms with Crippen molar-refractivity contribution >= 4 is 22.6 Å². The number of imidazole rings is 1. The Hall–Kier alpha value is -2.82. The van der Waals surface area contributed by atoms with Gasteiger partial charge in [0.15, 0.2) is 0 Å². The summed E-state index contributed by atoms with van der Waals surface area (Å²) in [6.45, 7) is 5.00. The second kappa shape index (κ2) is 7.83. The van der Waals surface area contributed by atoms with Gasteiger partial charge in [0.05, 0.1) is 17.6 Å². The molecule has 1 aromatic heterocycles. The maximum Gasteiger partial charge on any atom is 0.244 e. The summed E-state index contributed by atoms with van der Waals surface area (Å²) >= 11 is 0. The molecule has 0 aliphatic rings. The van der Waals surface area contributed by atoms with Crippen molar-refractivity contribution in [2.24, 2.45) is 0 Å². The molecule has 0 radical (unpaired) electrons. The fourth-order valence-corrected chi connectivity index (χ4v) is 2.71. The fraction of sp³-hybridized carbons (Fsp3) is 0.300. The van der Waals surface area contributed by atoms with Crippen molar-refractivity contribution < 1.29 is 9.53 Å². The first-order valence-corrected chi connectivity index (χ1v) is 8.62. The number of aromatic nitrogens is 2. The van der Waals surface area contributed by atoms with Gasteiger partial charge in [-0.25, -0.2) is 4.98 Å². The predicted octanol–water partition coefficient (Wildman–Crippen LogP) is 4.16. The van der Waals surface area contributed by atoms with Crippen LogP contribution in [0.15, 0.2) is 48.5 Å². The third-order valence-corrected chi connectivity index (χ3v) is 4.05. The number of nitrogens with one attached hydrogen (secondary N) is 1. The number of para-hydroxylation sites is 2. The van der Waals surface area contributed by atoms with Crippen LogP contribution >= 0.6 is 0 Å². The van der Waals surface area contributed by atoms with E-state index in [4.69, 9.17) is 4.74 Å². The molecule has 5 nitrogen and oxygen atoms in total. The van der Waals surface area contributed by atoms with E-state index in [1.54, 1.807) is 0 Å². The van der Waals surface area contributed by atoms with Crippen molar-refractivity contribution in [1.29, 1.82) is 0 Å². The van der Waals surface area contributed by atoms with E-state index in [1.165, 1.54) is 0 Å². The highest BCUT2D eigenvalue weighted by atomic mass is 16.5. The molecule has 2 aromatic carbocycles. The average molecular weight is 337 g/mol. The minimum atomic E-state index is -0.0779. The van der Waals surface area contributed by atoms with Crippen molar-refractivity contribution in [2.75, 3.05) is 11.9 Å². The lowest BCUT2D eigenvalue weighted by Gasteiger charge is -2.10. The van der Waals surface area contributed by atoms with Crippen LogP contribution in [0.1, 0.15) is 25.6 Å². The maximum absolute atomic E-state index is 12.4. The van der Waals surface area contributed by atoms with E-state index in [1.807, 2.05) is 60.0 Å². The zero-order chi connectivity index (χ0) is 17.6. The standard InChI is InChI=1S/C20H23N3O2/c1-3-4-13-25-17-11-9-16(10-12-17)22-20(24)14-23-15(2)21-18-7-5-6-8-19(18)23/h5-12H,3-4,13-14H2,1-2H3,(H,22,24). The highest BCUT2D eigenvalue weighted by molar-refractivity contribution is 5.91. The predicted molar refractivity (Wildman–Crippen MR) is 99.9 cm³/mol. The quantitative estimate of drug-likeness (QED) is 0.659. The van der Waals surface area contributed by atoms with Gasteiger partial charge in [-0.15, -0.1) is 0 Å². The van der Waals surface area contributed by atoms with Crippen LogP contribution < -0.4 is 10.1 Å². The van der Waals surface area contributed by atoms with Crippen LogP contribution in [0.25, 0.3) is 11.0 Å². The summed E-state index contributed by atoms with van der Waals surface area (Å²) in [5.41, 5.74) is 2.63. The first kappa shape index (κ1) is 17.0. The molecule has 0 spiro atoms. The van der Waals surface area contributed by atoms with Gasteiger partial charge in [-0.1, -0.05) is 25.5 Å². The van der Waals surface area contributed by atoms with E-state index in [-0.39, 0.29) is 12.5 Å². The third kappa shape index (κ3) is 4.18. The molecule has 0 bridgehead atoms. The normalized spacial score (nSPS) is 10.8. The van der Waals surface area contributed by atoms with E-state index in [0.29, 0.717) is 0 Å². The lowest BCUT2D eigenvalue weighted by atomic mass is 10.3. The molecule has 0 saturated carbocycles. The van der Waals surface area contributed by atoms with E-state index in [9.17, 15) is 4.79 Å². The Balaban J connectivity index is 1.63. The Labute approximate surface area is 147 Å². The molecule has 1 amide bonds. The van der Waals surface area contributed by atoms with Gasteiger partial charge in [-0.3, -0.25) is 4.79 Å². The molecule has 0 unspecified atom stereocenters. The number of amides is 1. The molecule has 130 valence electrons. The number of nitrogens with zero attached hydrogens (tertiary/aromatic N) is 2. The summed E-state index contributed by atoms with van der Waals surface area (Å²) in [5.74, 6) is 1.57. The number of fused-ring (bicyclic) bond motifs is 1. The van der Waals surface area contributed by atoms with Crippen molar-refractivity contribution in [3.05, 3.63) is 54.4 Å². The number of hydrogen-bond donors (Lipinski definition) is 1. The van der Waals surface area contributed by atoms with Gasteiger partial charge in [-0.2, -0.15) is 0 Å². The van der Waals surface area contributed by atoms with Crippen LogP contribution in [-0.4, -0.2) is 22.1 Å². The Morgan fingerprint density at radius 1 is 1.16 bits per heavy atom. The number of anilines is 1. The Morgan fingerprint density at radius 2 is 1.92 bits per heavy atom. The Bertz CT molecular complexity index is 853. The van der Waals surface area contributed by atoms with E-state index < -0.39 is 0 Å². The number of rotatable bonds is 7.